The van der Waals surface area contributed by atoms with Gasteiger partial charge >= 0.3 is 6.09 Å². The number of nitrogens with two attached hydrogens (primary N) is 1. The lowest BCUT2D eigenvalue weighted by atomic mass is 10.1. The summed E-state index contributed by atoms with van der Waals surface area (Å²) < 4.78 is 5.45. The first-order chi connectivity index (χ1) is 13.2. The summed E-state index contributed by atoms with van der Waals surface area (Å²) in [5.41, 5.74) is 8.73. The Kier molecular flexibility index (Phi) is 5.42. The van der Waals surface area contributed by atoms with Crippen molar-refractivity contribution in [2.45, 2.75) is 39.3 Å². The van der Waals surface area contributed by atoms with Crippen LogP contribution in [0.25, 0.3) is 0 Å². The molecule has 0 atom stereocenters. The predicted molar refractivity (Wildman–Crippen MR) is 109 cm³/mol. The van der Waals surface area contributed by atoms with E-state index >= 15 is 0 Å². The summed E-state index contributed by atoms with van der Waals surface area (Å²) in [5.74, 6) is 0.583. The van der Waals surface area contributed by atoms with Crippen molar-refractivity contribution in [2.24, 2.45) is 0 Å². The second-order valence-electron chi connectivity index (χ2n) is 7.53. The van der Waals surface area contributed by atoms with Crippen molar-refractivity contribution in [1.82, 2.24) is 14.9 Å². The number of fused-ring (bicyclic) bond motifs is 1. The van der Waals surface area contributed by atoms with Crippen LogP contribution >= 0.6 is 11.6 Å². The molecule has 4 N–H and O–H groups in total. The van der Waals surface area contributed by atoms with Gasteiger partial charge in [0.05, 0.1) is 12.2 Å². The third-order valence-electron chi connectivity index (χ3n) is 4.19. The first kappa shape index (κ1) is 19.9. The lowest BCUT2D eigenvalue weighted by Crippen LogP contribution is -2.40. The number of aromatic nitrogens is 2. The van der Waals surface area contributed by atoms with Gasteiger partial charge in [-0.25, -0.2) is 14.8 Å². The summed E-state index contributed by atoms with van der Waals surface area (Å²) in [4.78, 5) is 22.6. The van der Waals surface area contributed by atoms with E-state index in [9.17, 15) is 4.79 Å². The van der Waals surface area contributed by atoms with Gasteiger partial charge in [0, 0.05) is 35.3 Å². The number of halogens is 1. The van der Waals surface area contributed by atoms with Crippen LogP contribution in [0.15, 0.2) is 18.2 Å². The number of carbonyl (C=O) groups is 1. The Balaban J connectivity index is 1.85. The van der Waals surface area contributed by atoms with Gasteiger partial charge < -0.3 is 26.1 Å². The Labute approximate surface area is 168 Å². The fourth-order valence-corrected chi connectivity index (χ4v) is 3.09. The maximum Gasteiger partial charge on any atom is 0.410 e. The zero-order valence-corrected chi connectivity index (χ0v) is 16.8. The smallest absolute Gasteiger partial charge is 0.410 e. The molecule has 3 rings (SSSR count). The molecular formula is C19H23ClN6O2. The van der Waals surface area contributed by atoms with Gasteiger partial charge in [-0.05, 0) is 57.0 Å². The van der Waals surface area contributed by atoms with Crippen molar-refractivity contribution in [2.75, 3.05) is 17.6 Å². The second-order valence-corrected chi connectivity index (χ2v) is 7.87. The maximum absolute atomic E-state index is 12.4. The highest BCUT2D eigenvalue weighted by molar-refractivity contribution is 6.28. The second kappa shape index (κ2) is 7.63. The highest BCUT2D eigenvalue weighted by atomic mass is 35.5. The third-order valence-corrected chi connectivity index (χ3v) is 4.36. The van der Waals surface area contributed by atoms with Gasteiger partial charge in [0.15, 0.2) is 0 Å². The molecule has 1 aliphatic rings. The average molecular weight is 403 g/mol. The normalized spacial score (nSPS) is 13.6. The Morgan fingerprint density at radius 1 is 1.39 bits per heavy atom. The van der Waals surface area contributed by atoms with Crippen molar-refractivity contribution in [3.63, 3.8) is 0 Å². The van der Waals surface area contributed by atoms with Crippen LogP contribution in [0.5, 0.6) is 0 Å². The van der Waals surface area contributed by atoms with Crippen LogP contribution in [-0.2, 0) is 17.7 Å². The molecule has 1 aromatic carbocycles. The lowest BCUT2D eigenvalue weighted by Gasteiger charge is -2.31. The largest absolute Gasteiger partial charge is 0.444 e. The summed E-state index contributed by atoms with van der Waals surface area (Å²) >= 11 is 6.11. The van der Waals surface area contributed by atoms with Gasteiger partial charge in [0.25, 0.3) is 0 Å². The van der Waals surface area contributed by atoms with Crippen LogP contribution in [0.1, 0.15) is 37.6 Å². The minimum Gasteiger partial charge on any atom is -0.444 e. The molecule has 9 heteroatoms. The molecule has 0 bridgehead atoms. The number of nitrogens with one attached hydrogen (secondary N) is 2. The number of amides is 1. The molecule has 0 radical (unpaired) electrons. The first-order valence-corrected chi connectivity index (χ1v) is 9.24. The Morgan fingerprint density at radius 3 is 2.82 bits per heavy atom. The van der Waals surface area contributed by atoms with Crippen LogP contribution in [-0.4, -0.2) is 39.3 Å². The molecule has 1 amide bonds. The van der Waals surface area contributed by atoms with E-state index in [-0.39, 0.29) is 11.4 Å². The van der Waals surface area contributed by atoms with Crippen LogP contribution < -0.4 is 11.1 Å². The fraction of sp³-hybridized carbons (Fsp3) is 0.368. The first-order valence-electron chi connectivity index (χ1n) is 8.86. The maximum atomic E-state index is 12.4. The van der Waals surface area contributed by atoms with E-state index < -0.39 is 5.60 Å². The fourth-order valence-electron chi connectivity index (χ4n) is 2.90. The number of carbonyl (C=O) groups excluding carboxylic acids is 1. The van der Waals surface area contributed by atoms with E-state index in [0.29, 0.717) is 42.3 Å². The standard InChI is InChI=1S/C19H23ClN6O2/c1-19(2,3)28-18(27)26-7-6-13-15(10-26)24-17(20)25-16(13)23-12-4-5-14(22)11(8-12)9-21/h4-5,8-9,21H,6-7,10,22H2,1-3H3,(H,23,24,25). The minimum atomic E-state index is -0.560. The Hall–Kier alpha value is -2.87. The summed E-state index contributed by atoms with van der Waals surface area (Å²) in [5, 5.41) is 10.8. The molecule has 2 heterocycles. The van der Waals surface area contributed by atoms with Gasteiger partial charge in [0.1, 0.15) is 11.4 Å². The number of rotatable bonds is 3. The van der Waals surface area contributed by atoms with Crippen LogP contribution in [0, 0.1) is 5.41 Å². The minimum absolute atomic E-state index is 0.0926. The van der Waals surface area contributed by atoms with Crippen molar-refractivity contribution in [3.8, 4) is 0 Å². The van der Waals surface area contributed by atoms with Crippen molar-refractivity contribution >= 4 is 41.1 Å². The number of ether oxygens (including phenoxy) is 1. The summed E-state index contributed by atoms with van der Waals surface area (Å²) in [6.45, 7) is 6.29. The average Bonchev–Trinajstić information content (AvgIpc) is 2.61. The van der Waals surface area contributed by atoms with Crippen LogP contribution in [0.3, 0.4) is 0 Å². The molecule has 2 aromatic rings. The molecule has 8 nitrogen and oxygen atoms in total. The van der Waals surface area contributed by atoms with E-state index in [1.807, 2.05) is 20.8 Å². The van der Waals surface area contributed by atoms with Gasteiger partial charge in [0.2, 0.25) is 5.28 Å². The summed E-state index contributed by atoms with van der Waals surface area (Å²) in [7, 11) is 0. The molecule has 0 spiro atoms. The van der Waals surface area contributed by atoms with Gasteiger partial charge in [-0.15, -0.1) is 0 Å². The summed E-state index contributed by atoms with van der Waals surface area (Å²) in [6.07, 6.45) is 1.39. The highest BCUT2D eigenvalue weighted by Gasteiger charge is 2.28. The van der Waals surface area contributed by atoms with E-state index in [1.165, 1.54) is 6.21 Å². The molecule has 0 aliphatic carbocycles. The van der Waals surface area contributed by atoms with E-state index in [4.69, 9.17) is 27.5 Å². The van der Waals surface area contributed by atoms with Crippen LogP contribution in [0.2, 0.25) is 5.28 Å². The third kappa shape index (κ3) is 4.51. The molecule has 0 fully saturated rings. The molecule has 148 valence electrons. The van der Waals surface area contributed by atoms with Gasteiger partial charge in [-0.2, -0.15) is 0 Å². The lowest BCUT2D eigenvalue weighted by molar-refractivity contribution is 0.0221. The molecular weight excluding hydrogens is 380 g/mol. The zero-order valence-electron chi connectivity index (χ0n) is 16.0. The number of anilines is 3. The van der Waals surface area contributed by atoms with E-state index in [0.717, 1.165) is 11.3 Å². The number of benzene rings is 1. The SMILES string of the molecule is CC(C)(C)OC(=O)N1CCc2c(nc(Cl)nc2Nc2ccc(N)c(C=N)c2)C1. The van der Waals surface area contributed by atoms with Crippen molar-refractivity contribution in [1.29, 1.82) is 5.41 Å². The van der Waals surface area contributed by atoms with Gasteiger partial charge in [-0.3, -0.25) is 0 Å². The van der Waals surface area contributed by atoms with E-state index in [2.05, 4.69) is 15.3 Å². The highest BCUT2D eigenvalue weighted by Crippen LogP contribution is 2.29. The number of nitrogen functional groups attached to an aromatic ring is 1. The van der Waals surface area contributed by atoms with Gasteiger partial charge in [-0.1, -0.05) is 0 Å². The topological polar surface area (TPSA) is 117 Å². The summed E-state index contributed by atoms with van der Waals surface area (Å²) in [6, 6.07) is 5.29. The monoisotopic (exact) mass is 402 g/mol. The molecule has 28 heavy (non-hydrogen) atoms. The zero-order chi connectivity index (χ0) is 20.5. The number of nitrogens with zero attached hydrogens (tertiary/aromatic N) is 3. The predicted octanol–water partition coefficient (Wildman–Crippen LogP) is 3.75. The molecule has 0 unspecified atom stereocenters. The van der Waals surface area contributed by atoms with E-state index in [1.54, 1.807) is 23.1 Å². The molecule has 0 saturated carbocycles. The number of hydrogen-bond donors (Lipinski definition) is 3. The Morgan fingerprint density at radius 2 is 2.14 bits per heavy atom. The van der Waals surface area contributed by atoms with Crippen LogP contribution in [0.4, 0.5) is 22.0 Å². The Bertz CT molecular complexity index is 925. The van der Waals surface area contributed by atoms with Crippen molar-refractivity contribution in [3.05, 3.63) is 40.3 Å². The quantitative estimate of drug-likeness (QED) is 0.409. The van der Waals surface area contributed by atoms with Crippen molar-refractivity contribution < 1.29 is 9.53 Å². The molecule has 0 saturated heterocycles. The number of hydrogen-bond acceptors (Lipinski definition) is 7. The molecule has 1 aliphatic heterocycles. The molecule has 1 aromatic heterocycles.